The van der Waals surface area contributed by atoms with Crippen LogP contribution in [0.1, 0.15) is 11.4 Å². The first-order chi connectivity index (χ1) is 8.97. The molecule has 0 bridgehead atoms. The smallest absolute Gasteiger partial charge is 0.489 e. The summed E-state index contributed by atoms with van der Waals surface area (Å²) in [6.45, 7) is -3.59. The van der Waals surface area contributed by atoms with E-state index in [0.29, 0.717) is 11.4 Å². The molecule has 1 aromatic carbocycles. The molecule has 0 unspecified atom stereocenters. The van der Waals surface area contributed by atoms with E-state index >= 15 is 0 Å². The molecule has 1 aromatic heterocycles. The number of hydrogen-bond acceptors (Lipinski definition) is 3. The zero-order chi connectivity index (χ0) is 13.9. The summed E-state index contributed by atoms with van der Waals surface area (Å²) in [6, 6.07) is 5.61. The SMILES string of the molecule is Cc1ccc(OCc2ncccn2)c([B-](F)(F)F)c1.[K+]. The average molecular weight is 306 g/mol. The first kappa shape index (κ1) is 17.6. The first-order valence-electron chi connectivity index (χ1n) is 5.66. The van der Waals surface area contributed by atoms with Crippen LogP contribution in [0.15, 0.2) is 36.7 Å². The van der Waals surface area contributed by atoms with E-state index in [0.717, 1.165) is 6.07 Å². The van der Waals surface area contributed by atoms with E-state index in [1.807, 2.05) is 0 Å². The summed E-state index contributed by atoms with van der Waals surface area (Å²) in [5.74, 6) is 0.147. The van der Waals surface area contributed by atoms with Crippen molar-refractivity contribution in [1.29, 1.82) is 0 Å². The van der Waals surface area contributed by atoms with Gasteiger partial charge >= 0.3 is 58.4 Å². The van der Waals surface area contributed by atoms with Crippen molar-refractivity contribution in [3.63, 3.8) is 0 Å². The summed E-state index contributed by atoms with van der Waals surface area (Å²) in [4.78, 5) is 7.78. The van der Waals surface area contributed by atoms with Gasteiger partial charge in [0.1, 0.15) is 6.61 Å². The van der Waals surface area contributed by atoms with Gasteiger partial charge in [-0.2, -0.15) is 0 Å². The Kier molecular flexibility index (Phi) is 6.67. The summed E-state index contributed by atoms with van der Waals surface area (Å²) >= 11 is 0. The first-order valence-corrected chi connectivity index (χ1v) is 5.66. The van der Waals surface area contributed by atoms with Crippen LogP contribution in [0, 0.1) is 6.92 Å². The molecule has 0 atom stereocenters. The maximum absolute atomic E-state index is 12.9. The van der Waals surface area contributed by atoms with Crippen molar-refractivity contribution in [2.45, 2.75) is 13.5 Å². The quantitative estimate of drug-likeness (QED) is 0.709. The van der Waals surface area contributed by atoms with Gasteiger partial charge in [0, 0.05) is 12.4 Å². The summed E-state index contributed by atoms with van der Waals surface area (Å²) in [6.07, 6.45) is 3.02. The van der Waals surface area contributed by atoms with Crippen molar-refractivity contribution in [2.24, 2.45) is 0 Å². The Hall–Kier alpha value is -0.409. The second-order valence-corrected chi connectivity index (χ2v) is 4.07. The predicted molar refractivity (Wildman–Crippen MR) is 66.3 cm³/mol. The molecule has 2 rings (SSSR count). The minimum absolute atomic E-state index is 0. The maximum Gasteiger partial charge on any atom is 1.00 e. The van der Waals surface area contributed by atoms with Gasteiger partial charge in [0.05, 0.1) is 5.75 Å². The molecule has 8 heteroatoms. The molecular weight excluding hydrogens is 295 g/mol. The van der Waals surface area contributed by atoms with E-state index in [4.69, 9.17) is 4.74 Å². The Balaban J connectivity index is 0.00000200. The van der Waals surface area contributed by atoms with E-state index in [9.17, 15) is 12.9 Å². The van der Waals surface area contributed by atoms with Crippen molar-refractivity contribution in [3.05, 3.63) is 48.0 Å². The monoisotopic (exact) mass is 306 g/mol. The van der Waals surface area contributed by atoms with E-state index in [1.165, 1.54) is 18.5 Å². The number of ether oxygens (including phenoxy) is 1. The van der Waals surface area contributed by atoms with E-state index in [1.54, 1.807) is 19.1 Å². The molecular formula is C12H11BF3KN2O. The van der Waals surface area contributed by atoms with Crippen LogP contribution >= 0.6 is 0 Å². The fourth-order valence-corrected chi connectivity index (χ4v) is 1.60. The van der Waals surface area contributed by atoms with Gasteiger partial charge < -0.3 is 17.7 Å². The third-order valence-corrected chi connectivity index (χ3v) is 2.49. The van der Waals surface area contributed by atoms with Crippen LogP contribution in [0.2, 0.25) is 0 Å². The third-order valence-electron chi connectivity index (χ3n) is 2.49. The number of hydrogen-bond donors (Lipinski definition) is 0. The molecule has 0 radical (unpaired) electrons. The number of benzene rings is 1. The van der Waals surface area contributed by atoms with Crippen LogP contribution in [0.4, 0.5) is 12.9 Å². The van der Waals surface area contributed by atoms with Gasteiger partial charge in [0.25, 0.3) is 0 Å². The normalized spacial score (nSPS) is 10.8. The van der Waals surface area contributed by atoms with Crippen LogP contribution in [0.3, 0.4) is 0 Å². The number of halogens is 3. The second-order valence-electron chi connectivity index (χ2n) is 4.07. The van der Waals surface area contributed by atoms with Crippen LogP contribution in [-0.2, 0) is 6.61 Å². The summed E-state index contributed by atoms with van der Waals surface area (Å²) < 4.78 is 43.9. The number of aromatic nitrogens is 2. The van der Waals surface area contributed by atoms with Gasteiger partial charge in [-0.15, -0.1) is 0 Å². The molecule has 1 heterocycles. The van der Waals surface area contributed by atoms with Gasteiger partial charge in [0.2, 0.25) is 0 Å². The molecule has 0 aliphatic rings. The average Bonchev–Trinajstić information content (AvgIpc) is 2.37. The van der Waals surface area contributed by atoms with Gasteiger partial charge in [-0.3, -0.25) is 0 Å². The third kappa shape index (κ3) is 4.85. The molecule has 0 saturated carbocycles. The minimum Gasteiger partial charge on any atom is -0.489 e. The van der Waals surface area contributed by atoms with Crippen LogP contribution in [0.25, 0.3) is 0 Å². The predicted octanol–water partition coefficient (Wildman–Crippen LogP) is -0.578. The fourth-order valence-electron chi connectivity index (χ4n) is 1.60. The summed E-state index contributed by atoms with van der Waals surface area (Å²) in [7, 11) is 0. The van der Waals surface area contributed by atoms with E-state index in [2.05, 4.69) is 9.97 Å². The van der Waals surface area contributed by atoms with Crippen molar-refractivity contribution in [3.8, 4) is 5.75 Å². The van der Waals surface area contributed by atoms with Gasteiger partial charge in [-0.1, -0.05) is 23.2 Å². The molecule has 0 saturated heterocycles. The molecule has 0 aliphatic carbocycles. The molecule has 0 amide bonds. The zero-order valence-corrected chi connectivity index (χ0v) is 14.3. The van der Waals surface area contributed by atoms with Gasteiger partial charge in [-0.25, -0.2) is 9.97 Å². The molecule has 0 N–H and O–H groups in total. The largest absolute Gasteiger partial charge is 1.00 e. The fraction of sp³-hybridized carbons (Fsp3) is 0.167. The molecule has 0 spiro atoms. The Morgan fingerprint density at radius 3 is 2.40 bits per heavy atom. The Morgan fingerprint density at radius 2 is 1.80 bits per heavy atom. The topological polar surface area (TPSA) is 35.0 Å². The maximum atomic E-state index is 12.9. The van der Waals surface area contributed by atoms with Crippen molar-refractivity contribution in [2.75, 3.05) is 0 Å². The van der Waals surface area contributed by atoms with Crippen LogP contribution in [0.5, 0.6) is 5.75 Å². The molecule has 0 aliphatic heterocycles. The number of aryl methyl sites for hydroxylation is 1. The summed E-state index contributed by atoms with van der Waals surface area (Å²) in [5.41, 5.74) is -0.187. The zero-order valence-electron chi connectivity index (χ0n) is 11.2. The molecule has 20 heavy (non-hydrogen) atoms. The molecule has 2 aromatic rings. The number of nitrogens with zero attached hydrogens (tertiary/aromatic N) is 2. The Morgan fingerprint density at radius 1 is 1.15 bits per heavy atom. The number of rotatable bonds is 4. The Bertz CT molecular complexity index is 566. The van der Waals surface area contributed by atoms with E-state index in [-0.39, 0.29) is 63.7 Å². The van der Waals surface area contributed by atoms with Crippen LogP contribution < -0.4 is 61.6 Å². The van der Waals surface area contributed by atoms with E-state index < -0.39 is 12.4 Å². The van der Waals surface area contributed by atoms with Crippen molar-refractivity contribution >= 4 is 12.4 Å². The second kappa shape index (κ2) is 7.56. The van der Waals surface area contributed by atoms with Gasteiger partial charge in [-0.05, 0) is 19.1 Å². The summed E-state index contributed by atoms with van der Waals surface area (Å²) in [5, 5.41) is 0. The minimum atomic E-state index is -5.11. The Labute approximate surface area is 157 Å². The molecule has 100 valence electrons. The molecule has 3 nitrogen and oxygen atoms in total. The molecule has 0 fully saturated rings. The standard InChI is InChI=1S/C12H11BF3N2O.K/c1-9-3-4-11(10(7-9)13(14,15)16)19-8-12-17-5-2-6-18-12;/h2-7H,8H2,1H3;/q-1;+1. The van der Waals surface area contributed by atoms with Crippen LogP contribution in [-0.4, -0.2) is 16.9 Å². The van der Waals surface area contributed by atoms with Crippen molar-refractivity contribution < 1.29 is 69.1 Å². The van der Waals surface area contributed by atoms with Crippen molar-refractivity contribution in [1.82, 2.24) is 9.97 Å². The van der Waals surface area contributed by atoms with Gasteiger partial charge in [0.15, 0.2) is 5.82 Å².